The lowest BCUT2D eigenvalue weighted by Crippen LogP contribution is -2.50. The zero-order chi connectivity index (χ0) is 43.9. The van der Waals surface area contributed by atoms with E-state index in [0.717, 1.165) is 0 Å². The molecule has 0 aromatic rings. The van der Waals surface area contributed by atoms with Crippen molar-refractivity contribution >= 4 is 37.1 Å². The summed E-state index contributed by atoms with van der Waals surface area (Å²) in [6, 6.07) is -2.27. The average molecular weight is 861 g/mol. The van der Waals surface area contributed by atoms with Crippen molar-refractivity contribution in [2.45, 2.75) is 96.4 Å². The second kappa shape index (κ2) is 31.9. The van der Waals surface area contributed by atoms with Crippen LogP contribution in [0.2, 0.25) is 0 Å². The number of carbonyl (C=O) groups excluding carboxylic acids is 5. The van der Waals surface area contributed by atoms with Crippen LogP contribution in [-0.2, 0) is 66.5 Å². The zero-order valence-electron chi connectivity index (χ0n) is 34.6. The Balaban J connectivity index is 5.55. The highest BCUT2D eigenvalue weighted by Crippen LogP contribution is 2.45. The van der Waals surface area contributed by atoms with E-state index in [1.54, 1.807) is 27.7 Å². The molecule has 0 aromatic heterocycles. The van der Waals surface area contributed by atoms with E-state index < -0.39 is 54.5 Å². The van der Waals surface area contributed by atoms with E-state index in [1.165, 1.54) is 6.92 Å². The standard InChI is InChI=1S/C34H69N8O15P/c1-6-58(48,49)57-34(4,5)25-53-33(2,3)12-11-30(45)42-27(32(47)40-15-18-52-21-24-56-37)8-10-29(44)41-26(31(46)39-14-17-51-20-23-55-36)7-9-28(43)38-13-16-50-19-22-54-35/h26-27H,6-25,35-37H2,1-5H3,(H,38,43)(H,39,46)(H,40,47)(H,41,44)(H,42,45)(H,48,49). The van der Waals surface area contributed by atoms with Crippen molar-refractivity contribution in [1.29, 1.82) is 0 Å². The predicted octanol–water partition coefficient (Wildman–Crippen LogP) is -1.84. The minimum atomic E-state index is -3.79. The maximum Gasteiger partial charge on any atom is 0.328 e. The quantitative estimate of drug-likeness (QED) is 0.0188. The fourth-order valence-corrected chi connectivity index (χ4v) is 5.63. The monoisotopic (exact) mass is 860 g/mol. The fourth-order valence-electron chi connectivity index (χ4n) is 4.67. The van der Waals surface area contributed by atoms with Gasteiger partial charge in [0.25, 0.3) is 0 Å². The molecular weight excluding hydrogens is 791 g/mol. The van der Waals surface area contributed by atoms with E-state index in [4.69, 9.17) is 41.2 Å². The number of nitrogens with one attached hydrogen (secondary N) is 5. The molecule has 0 heterocycles. The Morgan fingerprint density at radius 3 is 1.45 bits per heavy atom. The molecule has 3 unspecified atom stereocenters. The summed E-state index contributed by atoms with van der Waals surface area (Å²) in [4.78, 5) is 88.3. The molecule has 0 aliphatic heterocycles. The number of rotatable bonds is 37. The molecule has 0 aromatic carbocycles. The number of hydrogen-bond acceptors (Lipinski definition) is 17. The van der Waals surface area contributed by atoms with Crippen molar-refractivity contribution in [3.8, 4) is 0 Å². The van der Waals surface area contributed by atoms with E-state index in [-0.39, 0.29) is 136 Å². The molecule has 12 N–H and O–H groups in total. The van der Waals surface area contributed by atoms with Gasteiger partial charge in [-0.05, 0) is 47.0 Å². The van der Waals surface area contributed by atoms with Crippen molar-refractivity contribution in [1.82, 2.24) is 26.6 Å². The zero-order valence-corrected chi connectivity index (χ0v) is 35.5. The summed E-state index contributed by atoms with van der Waals surface area (Å²) in [5.41, 5.74) is -1.95. The highest BCUT2D eigenvalue weighted by atomic mass is 31.2. The smallest absolute Gasteiger partial charge is 0.328 e. The van der Waals surface area contributed by atoms with E-state index in [1.807, 2.05) is 0 Å². The van der Waals surface area contributed by atoms with Crippen LogP contribution in [-0.4, -0.2) is 150 Å². The first-order chi connectivity index (χ1) is 27.4. The van der Waals surface area contributed by atoms with Gasteiger partial charge in [-0.25, -0.2) is 17.7 Å². The van der Waals surface area contributed by atoms with Crippen LogP contribution >= 0.6 is 7.60 Å². The third-order valence-corrected chi connectivity index (χ3v) is 9.45. The summed E-state index contributed by atoms with van der Waals surface area (Å²) in [5, 5.41) is 13.3. The Hall–Kier alpha value is -2.90. The Kier molecular flexibility index (Phi) is 30.3. The predicted molar refractivity (Wildman–Crippen MR) is 209 cm³/mol. The van der Waals surface area contributed by atoms with Crippen LogP contribution in [0, 0.1) is 0 Å². The second-order valence-electron chi connectivity index (χ2n) is 14.1. The first-order valence-electron chi connectivity index (χ1n) is 19.2. The molecule has 24 heteroatoms. The summed E-state index contributed by atoms with van der Waals surface area (Å²) in [7, 11) is -3.79. The first kappa shape index (κ1) is 55.1. The van der Waals surface area contributed by atoms with Gasteiger partial charge in [0, 0.05) is 45.1 Å². The van der Waals surface area contributed by atoms with E-state index in [9.17, 15) is 33.4 Å². The minimum Gasteiger partial charge on any atom is -0.377 e. The summed E-state index contributed by atoms with van der Waals surface area (Å²) < 4.78 is 39.3. The average Bonchev–Trinajstić information content (AvgIpc) is 3.17. The topological polar surface area (TPSA) is 335 Å². The van der Waals surface area contributed by atoms with Crippen LogP contribution < -0.4 is 44.3 Å². The lowest BCUT2D eigenvalue weighted by atomic mass is 10.0. The largest absolute Gasteiger partial charge is 0.377 e. The summed E-state index contributed by atoms with van der Waals surface area (Å²) in [5.74, 6) is 12.3. The van der Waals surface area contributed by atoms with Gasteiger partial charge in [0.1, 0.15) is 12.1 Å². The Labute approximate surface area is 340 Å². The van der Waals surface area contributed by atoms with Crippen molar-refractivity contribution in [3.63, 3.8) is 0 Å². The van der Waals surface area contributed by atoms with Crippen molar-refractivity contribution in [2.24, 2.45) is 17.7 Å². The van der Waals surface area contributed by atoms with Gasteiger partial charge in [0.15, 0.2) is 0 Å². The number of carbonyl (C=O) groups is 5. The Morgan fingerprint density at radius 2 is 1.02 bits per heavy atom. The van der Waals surface area contributed by atoms with Crippen LogP contribution in [0.1, 0.15) is 73.1 Å². The lowest BCUT2D eigenvalue weighted by Gasteiger charge is -2.33. The van der Waals surface area contributed by atoms with Gasteiger partial charge in [0.2, 0.25) is 29.5 Å². The third kappa shape index (κ3) is 30.2. The summed E-state index contributed by atoms with van der Waals surface area (Å²) >= 11 is 0. The maximum absolute atomic E-state index is 13.2. The molecule has 0 rings (SSSR count). The first-order valence-corrected chi connectivity index (χ1v) is 20.9. The maximum atomic E-state index is 13.2. The molecule has 0 radical (unpaired) electrons. The minimum absolute atomic E-state index is 0.0335. The van der Waals surface area contributed by atoms with Gasteiger partial charge >= 0.3 is 7.60 Å². The molecule has 0 saturated carbocycles. The number of hydrogen-bond donors (Lipinski definition) is 9. The Bertz CT molecular complexity index is 1230. The van der Waals surface area contributed by atoms with Crippen molar-refractivity contribution in [2.75, 3.05) is 91.9 Å². The number of nitrogens with two attached hydrogens (primary N) is 3. The van der Waals surface area contributed by atoms with E-state index >= 15 is 0 Å². The fraction of sp³-hybridized carbons (Fsp3) is 0.853. The van der Waals surface area contributed by atoms with Gasteiger partial charge in [-0.2, -0.15) is 0 Å². The molecule has 58 heavy (non-hydrogen) atoms. The van der Waals surface area contributed by atoms with Gasteiger partial charge in [0.05, 0.1) is 77.3 Å². The molecule has 0 aliphatic rings. The van der Waals surface area contributed by atoms with Crippen LogP contribution in [0.5, 0.6) is 0 Å². The molecule has 3 atom stereocenters. The van der Waals surface area contributed by atoms with E-state index in [2.05, 4.69) is 41.1 Å². The molecular formula is C34H69N8O15P. The van der Waals surface area contributed by atoms with Gasteiger partial charge < -0.3 is 69.5 Å². The van der Waals surface area contributed by atoms with Crippen molar-refractivity contribution in [3.05, 3.63) is 0 Å². The molecule has 0 bridgehead atoms. The summed E-state index contributed by atoms with van der Waals surface area (Å²) in [6.07, 6.45) is -0.506. The van der Waals surface area contributed by atoms with Crippen molar-refractivity contribution < 1.29 is 71.4 Å². The molecule has 0 spiro atoms. The molecule has 5 amide bonds. The van der Waals surface area contributed by atoms with Crippen LogP contribution in [0.3, 0.4) is 0 Å². The van der Waals surface area contributed by atoms with Crippen LogP contribution in [0.4, 0.5) is 0 Å². The normalized spacial score (nSPS) is 13.9. The van der Waals surface area contributed by atoms with Crippen LogP contribution in [0.15, 0.2) is 0 Å². The molecule has 0 aliphatic carbocycles. The van der Waals surface area contributed by atoms with E-state index in [0.29, 0.717) is 0 Å². The highest BCUT2D eigenvalue weighted by Gasteiger charge is 2.32. The highest BCUT2D eigenvalue weighted by molar-refractivity contribution is 7.52. The van der Waals surface area contributed by atoms with Crippen LogP contribution in [0.25, 0.3) is 0 Å². The van der Waals surface area contributed by atoms with Gasteiger partial charge in [-0.15, -0.1) is 0 Å². The molecule has 0 saturated heterocycles. The SMILES string of the molecule is CCP(=O)(O)OC(C)(C)COC(C)(C)CCC(=O)NC(CCC(=O)NC(CCC(=O)NCCOCCON)C(=O)NCCOCCON)C(=O)NCCOCCON. The van der Waals surface area contributed by atoms with Gasteiger partial charge in [-0.3, -0.25) is 28.5 Å². The van der Waals surface area contributed by atoms with Gasteiger partial charge in [-0.1, -0.05) is 6.92 Å². The second-order valence-corrected chi connectivity index (χ2v) is 16.1. The molecule has 340 valence electrons. The molecule has 23 nitrogen and oxygen atoms in total. The third-order valence-electron chi connectivity index (χ3n) is 7.87. The summed E-state index contributed by atoms with van der Waals surface area (Å²) in [6.45, 7) is 10.2. The Morgan fingerprint density at radius 1 is 0.603 bits per heavy atom. The number of ether oxygens (including phenoxy) is 4. The lowest BCUT2D eigenvalue weighted by molar-refractivity contribution is -0.132. The number of amides is 5. The molecule has 0 fully saturated rings.